The van der Waals surface area contributed by atoms with Gasteiger partial charge in [0.1, 0.15) is 0 Å². The van der Waals surface area contributed by atoms with Gasteiger partial charge in [-0.05, 0) is 18.6 Å². The summed E-state index contributed by atoms with van der Waals surface area (Å²) >= 11 is 7.46. The van der Waals surface area contributed by atoms with Gasteiger partial charge in [-0.15, -0.1) is 11.8 Å². The second-order valence-electron chi connectivity index (χ2n) is 5.14. The van der Waals surface area contributed by atoms with Crippen LogP contribution in [0.3, 0.4) is 0 Å². The van der Waals surface area contributed by atoms with E-state index in [4.69, 9.17) is 11.6 Å². The summed E-state index contributed by atoms with van der Waals surface area (Å²) in [4.78, 5) is 22.3. The van der Waals surface area contributed by atoms with Crippen LogP contribution in [0.15, 0.2) is 53.6 Å². The van der Waals surface area contributed by atoms with Crippen molar-refractivity contribution in [3.8, 4) is 0 Å². The Morgan fingerprint density at radius 2 is 2.08 bits per heavy atom. The molecule has 0 saturated heterocycles. The van der Waals surface area contributed by atoms with Gasteiger partial charge in [0.05, 0.1) is 16.4 Å². The largest absolute Gasteiger partial charge is 0.272 e. The van der Waals surface area contributed by atoms with Gasteiger partial charge < -0.3 is 0 Å². The van der Waals surface area contributed by atoms with E-state index in [0.717, 1.165) is 11.3 Å². The monoisotopic (exact) mass is 377 g/mol. The SMILES string of the molecule is C[C@@H](SCc1ccccc1)C(=O)N/N=C\c1cc([N+](=O)[O-])ccc1Cl. The first-order chi connectivity index (χ1) is 12.0. The fraction of sp³-hybridized carbons (Fsp3) is 0.176. The minimum absolute atomic E-state index is 0.0936. The molecule has 0 aromatic heterocycles. The van der Waals surface area contributed by atoms with Crippen LogP contribution in [0.2, 0.25) is 5.02 Å². The molecule has 0 heterocycles. The molecule has 0 fully saturated rings. The number of benzene rings is 2. The van der Waals surface area contributed by atoms with Crippen LogP contribution in [0.1, 0.15) is 18.1 Å². The van der Waals surface area contributed by atoms with Gasteiger partial charge in [0, 0.05) is 28.5 Å². The summed E-state index contributed by atoms with van der Waals surface area (Å²) in [5, 5.41) is 14.6. The fourth-order valence-corrected chi connectivity index (χ4v) is 2.88. The Balaban J connectivity index is 1.89. The zero-order valence-corrected chi connectivity index (χ0v) is 15.0. The summed E-state index contributed by atoms with van der Waals surface area (Å²) in [5.74, 6) is 0.467. The van der Waals surface area contributed by atoms with Crippen molar-refractivity contribution in [3.63, 3.8) is 0 Å². The number of rotatable bonds is 7. The molecular formula is C17H16ClN3O3S. The van der Waals surface area contributed by atoms with Gasteiger partial charge >= 0.3 is 0 Å². The Labute approximate surface area is 154 Å². The number of carbonyl (C=O) groups is 1. The van der Waals surface area contributed by atoms with Gasteiger partial charge in [0.2, 0.25) is 0 Å². The van der Waals surface area contributed by atoms with Gasteiger partial charge in [0.25, 0.3) is 11.6 Å². The van der Waals surface area contributed by atoms with E-state index >= 15 is 0 Å². The molecule has 25 heavy (non-hydrogen) atoms. The predicted octanol–water partition coefficient (Wildman–Crippen LogP) is 4.02. The summed E-state index contributed by atoms with van der Waals surface area (Å²) in [6.07, 6.45) is 1.29. The molecule has 0 spiro atoms. The molecule has 0 radical (unpaired) electrons. The molecule has 0 bridgehead atoms. The molecule has 1 N–H and O–H groups in total. The second-order valence-corrected chi connectivity index (χ2v) is 6.87. The van der Waals surface area contributed by atoms with E-state index in [9.17, 15) is 14.9 Å². The van der Waals surface area contributed by atoms with Gasteiger partial charge in [-0.1, -0.05) is 41.9 Å². The summed E-state index contributed by atoms with van der Waals surface area (Å²) in [7, 11) is 0. The van der Waals surface area contributed by atoms with Crippen LogP contribution >= 0.6 is 23.4 Å². The maximum atomic E-state index is 12.0. The van der Waals surface area contributed by atoms with E-state index in [0.29, 0.717) is 10.6 Å². The number of non-ortho nitro benzene ring substituents is 1. The lowest BCUT2D eigenvalue weighted by atomic mass is 10.2. The summed E-state index contributed by atoms with van der Waals surface area (Å²) in [6.45, 7) is 1.79. The van der Waals surface area contributed by atoms with Crippen LogP contribution in [0, 0.1) is 10.1 Å². The summed E-state index contributed by atoms with van der Waals surface area (Å²) < 4.78 is 0. The normalized spacial score (nSPS) is 12.1. The van der Waals surface area contributed by atoms with E-state index in [1.165, 1.54) is 36.2 Å². The van der Waals surface area contributed by atoms with Crippen LogP contribution in [0.4, 0.5) is 5.69 Å². The highest BCUT2D eigenvalue weighted by Gasteiger charge is 2.13. The highest BCUT2D eigenvalue weighted by atomic mass is 35.5. The van der Waals surface area contributed by atoms with Crippen LogP contribution in [-0.4, -0.2) is 22.3 Å². The van der Waals surface area contributed by atoms with Gasteiger partial charge in [0.15, 0.2) is 0 Å². The van der Waals surface area contributed by atoms with Crippen molar-refractivity contribution >= 4 is 41.2 Å². The van der Waals surface area contributed by atoms with E-state index in [2.05, 4.69) is 10.5 Å². The Hall–Kier alpha value is -2.38. The molecule has 8 heteroatoms. The fourth-order valence-electron chi connectivity index (χ4n) is 1.87. The molecule has 1 amide bonds. The number of hydrogen-bond acceptors (Lipinski definition) is 5. The van der Waals surface area contributed by atoms with Crippen LogP contribution in [-0.2, 0) is 10.5 Å². The third kappa shape index (κ3) is 5.88. The zero-order valence-electron chi connectivity index (χ0n) is 13.4. The van der Waals surface area contributed by atoms with E-state index in [1.807, 2.05) is 30.3 Å². The van der Waals surface area contributed by atoms with Crippen molar-refractivity contribution in [1.29, 1.82) is 0 Å². The van der Waals surface area contributed by atoms with Crippen molar-refractivity contribution in [2.45, 2.75) is 17.9 Å². The number of nitrogens with zero attached hydrogens (tertiary/aromatic N) is 2. The third-order valence-corrected chi connectivity index (χ3v) is 4.84. The standard InChI is InChI=1S/C17H16ClN3O3S/c1-12(25-11-13-5-3-2-4-6-13)17(22)20-19-10-14-9-15(21(23)24)7-8-16(14)18/h2-10,12H,11H2,1H3,(H,20,22)/b19-10-/t12-/m1/s1. The molecule has 0 aliphatic carbocycles. The summed E-state index contributed by atoms with van der Waals surface area (Å²) in [5.41, 5.74) is 3.83. The minimum Gasteiger partial charge on any atom is -0.272 e. The molecule has 6 nitrogen and oxygen atoms in total. The Morgan fingerprint density at radius 1 is 1.36 bits per heavy atom. The molecule has 0 aliphatic rings. The Morgan fingerprint density at radius 3 is 2.76 bits per heavy atom. The van der Waals surface area contributed by atoms with Crippen molar-refractivity contribution in [2.24, 2.45) is 5.10 Å². The van der Waals surface area contributed by atoms with Crippen molar-refractivity contribution in [1.82, 2.24) is 5.43 Å². The van der Waals surface area contributed by atoms with Crippen molar-refractivity contribution in [2.75, 3.05) is 0 Å². The van der Waals surface area contributed by atoms with Gasteiger partial charge in [-0.25, -0.2) is 5.43 Å². The smallest absolute Gasteiger partial charge is 0.270 e. The predicted molar refractivity (Wildman–Crippen MR) is 101 cm³/mol. The molecule has 0 saturated carbocycles. The molecule has 2 aromatic rings. The average Bonchev–Trinajstić information content (AvgIpc) is 2.61. The lowest BCUT2D eigenvalue weighted by molar-refractivity contribution is -0.384. The molecule has 0 unspecified atom stereocenters. The lowest BCUT2D eigenvalue weighted by Crippen LogP contribution is -2.27. The van der Waals surface area contributed by atoms with Crippen LogP contribution in [0.25, 0.3) is 0 Å². The number of nitro benzene ring substituents is 1. The number of hydrogen-bond donors (Lipinski definition) is 1. The average molecular weight is 378 g/mol. The lowest BCUT2D eigenvalue weighted by Gasteiger charge is -2.09. The van der Waals surface area contributed by atoms with E-state index < -0.39 is 4.92 Å². The molecular weight excluding hydrogens is 362 g/mol. The summed E-state index contributed by atoms with van der Waals surface area (Å²) in [6, 6.07) is 13.9. The van der Waals surface area contributed by atoms with Crippen molar-refractivity contribution < 1.29 is 9.72 Å². The molecule has 130 valence electrons. The van der Waals surface area contributed by atoms with Gasteiger partial charge in [-0.3, -0.25) is 14.9 Å². The maximum Gasteiger partial charge on any atom is 0.270 e. The molecule has 0 aliphatic heterocycles. The van der Waals surface area contributed by atoms with E-state index in [-0.39, 0.29) is 16.8 Å². The first-order valence-corrected chi connectivity index (χ1v) is 8.82. The molecule has 1 atom stereocenters. The van der Waals surface area contributed by atoms with Gasteiger partial charge in [-0.2, -0.15) is 5.10 Å². The maximum absolute atomic E-state index is 12.0. The number of carbonyl (C=O) groups excluding carboxylic acids is 1. The topological polar surface area (TPSA) is 84.6 Å². The molecule has 2 aromatic carbocycles. The first kappa shape index (κ1) is 19.0. The number of amides is 1. The number of nitro groups is 1. The number of nitrogens with one attached hydrogen (secondary N) is 1. The number of thioether (sulfide) groups is 1. The molecule has 2 rings (SSSR count). The third-order valence-electron chi connectivity index (χ3n) is 3.28. The first-order valence-electron chi connectivity index (χ1n) is 7.40. The quantitative estimate of drug-likeness (QED) is 0.448. The Bertz CT molecular complexity index is 784. The minimum atomic E-state index is -0.519. The highest BCUT2D eigenvalue weighted by molar-refractivity contribution is 7.99. The second kappa shape index (κ2) is 9.19. The van der Waals surface area contributed by atoms with Crippen LogP contribution in [0.5, 0.6) is 0 Å². The van der Waals surface area contributed by atoms with Crippen molar-refractivity contribution in [3.05, 3.63) is 74.8 Å². The number of hydrazone groups is 1. The number of halogens is 1. The van der Waals surface area contributed by atoms with Crippen LogP contribution < -0.4 is 5.43 Å². The zero-order chi connectivity index (χ0) is 18.2. The van der Waals surface area contributed by atoms with E-state index in [1.54, 1.807) is 6.92 Å². The highest BCUT2D eigenvalue weighted by Crippen LogP contribution is 2.20. The Kier molecular flexibility index (Phi) is 6.97.